The number of carbonyl (C=O) groups excluding carboxylic acids is 1. The molecule has 1 rings (SSSR count). The Morgan fingerprint density at radius 1 is 1.14 bits per heavy atom. The largest absolute Gasteiger partial charge is 0.342 e. The molecule has 1 saturated heterocycles. The highest BCUT2D eigenvalue weighted by atomic mass is 16.2. The standard InChI is InChI=1S/C17H35N3O/c1-4-7-12-20(13-8-5-2)17(21)15-19(6-3)14-16-10-9-11-18-16/h16,18H,4-15H2,1-3H3. The van der Waals surface area contributed by atoms with Crippen LogP contribution in [-0.2, 0) is 4.79 Å². The van der Waals surface area contributed by atoms with E-state index in [1.807, 2.05) is 0 Å². The highest BCUT2D eigenvalue weighted by Gasteiger charge is 2.20. The van der Waals surface area contributed by atoms with Crippen LogP contribution < -0.4 is 5.32 Å². The molecule has 1 aliphatic rings. The molecule has 1 aliphatic heterocycles. The van der Waals surface area contributed by atoms with Crippen molar-refractivity contribution in [2.75, 3.05) is 39.3 Å². The van der Waals surface area contributed by atoms with Crippen LogP contribution in [0.3, 0.4) is 0 Å². The summed E-state index contributed by atoms with van der Waals surface area (Å²) in [6, 6.07) is 0.581. The van der Waals surface area contributed by atoms with Gasteiger partial charge in [-0.1, -0.05) is 33.6 Å². The molecular formula is C17H35N3O. The lowest BCUT2D eigenvalue weighted by Crippen LogP contribution is -2.45. The average molecular weight is 297 g/mol. The summed E-state index contributed by atoms with van der Waals surface area (Å²) in [6.07, 6.45) is 7.06. The molecule has 124 valence electrons. The second kappa shape index (κ2) is 11.0. The molecule has 4 heteroatoms. The van der Waals surface area contributed by atoms with Crippen LogP contribution in [-0.4, -0.2) is 61.0 Å². The molecule has 0 saturated carbocycles. The van der Waals surface area contributed by atoms with Crippen molar-refractivity contribution in [1.29, 1.82) is 0 Å². The first-order chi connectivity index (χ1) is 10.2. The molecule has 0 spiro atoms. The molecule has 1 amide bonds. The Kier molecular flexibility index (Phi) is 9.68. The third-order valence-corrected chi connectivity index (χ3v) is 4.36. The van der Waals surface area contributed by atoms with Crippen molar-refractivity contribution < 1.29 is 4.79 Å². The second-order valence-electron chi connectivity index (χ2n) is 6.21. The smallest absolute Gasteiger partial charge is 0.236 e. The molecule has 0 aromatic rings. The van der Waals surface area contributed by atoms with Crippen molar-refractivity contribution >= 4 is 5.91 Å². The van der Waals surface area contributed by atoms with Gasteiger partial charge in [0.25, 0.3) is 0 Å². The third kappa shape index (κ3) is 7.28. The van der Waals surface area contributed by atoms with Gasteiger partial charge in [-0.05, 0) is 38.8 Å². The number of rotatable bonds is 11. The van der Waals surface area contributed by atoms with Crippen molar-refractivity contribution in [3.8, 4) is 0 Å². The molecule has 1 unspecified atom stereocenters. The van der Waals surface area contributed by atoms with Crippen LogP contribution >= 0.6 is 0 Å². The summed E-state index contributed by atoms with van der Waals surface area (Å²) in [4.78, 5) is 16.9. The summed E-state index contributed by atoms with van der Waals surface area (Å²) in [5.41, 5.74) is 0. The molecule has 21 heavy (non-hydrogen) atoms. The van der Waals surface area contributed by atoms with Crippen LogP contribution in [0.4, 0.5) is 0 Å². The monoisotopic (exact) mass is 297 g/mol. The van der Waals surface area contributed by atoms with Gasteiger partial charge in [-0.2, -0.15) is 0 Å². The van der Waals surface area contributed by atoms with E-state index in [1.54, 1.807) is 0 Å². The SMILES string of the molecule is CCCCN(CCCC)C(=O)CN(CC)CC1CCCN1. The number of hydrogen-bond acceptors (Lipinski definition) is 3. The van der Waals surface area contributed by atoms with E-state index in [0.29, 0.717) is 18.5 Å². The zero-order valence-corrected chi connectivity index (χ0v) is 14.4. The summed E-state index contributed by atoms with van der Waals surface area (Å²) < 4.78 is 0. The lowest BCUT2D eigenvalue weighted by atomic mass is 10.2. The van der Waals surface area contributed by atoms with E-state index in [4.69, 9.17) is 0 Å². The Hall–Kier alpha value is -0.610. The van der Waals surface area contributed by atoms with Gasteiger partial charge in [0.05, 0.1) is 6.54 Å². The Morgan fingerprint density at radius 2 is 1.81 bits per heavy atom. The maximum absolute atomic E-state index is 12.6. The van der Waals surface area contributed by atoms with Crippen LogP contribution in [0.5, 0.6) is 0 Å². The minimum atomic E-state index is 0.316. The maximum atomic E-state index is 12.6. The summed E-state index contributed by atoms with van der Waals surface area (Å²) >= 11 is 0. The molecule has 0 bridgehead atoms. The predicted octanol–water partition coefficient (Wildman–Crippen LogP) is 2.49. The number of likely N-dealkylation sites (N-methyl/N-ethyl adjacent to an activating group) is 1. The van der Waals surface area contributed by atoms with E-state index in [2.05, 4.69) is 35.9 Å². The molecule has 0 aromatic carbocycles. The number of unbranched alkanes of at least 4 members (excludes halogenated alkanes) is 2. The van der Waals surface area contributed by atoms with Crippen LogP contribution in [0.25, 0.3) is 0 Å². The van der Waals surface area contributed by atoms with Gasteiger partial charge in [0.1, 0.15) is 0 Å². The van der Waals surface area contributed by atoms with E-state index in [1.165, 1.54) is 12.8 Å². The van der Waals surface area contributed by atoms with Crippen molar-refractivity contribution in [1.82, 2.24) is 15.1 Å². The van der Waals surface area contributed by atoms with Crippen molar-refractivity contribution in [2.45, 2.75) is 65.3 Å². The summed E-state index contributed by atoms with van der Waals surface area (Å²) in [5.74, 6) is 0.316. The fourth-order valence-corrected chi connectivity index (χ4v) is 2.88. The summed E-state index contributed by atoms with van der Waals surface area (Å²) in [7, 11) is 0. The van der Waals surface area contributed by atoms with E-state index in [0.717, 1.165) is 58.4 Å². The van der Waals surface area contributed by atoms with E-state index in [9.17, 15) is 4.79 Å². The van der Waals surface area contributed by atoms with E-state index < -0.39 is 0 Å². The molecule has 1 heterocycles. The fraction of sp³-hybridized carbons (Fsp3) is 0.941. The van der Waals surface area contributed by atoms with Gasteiger partial charge in [-0.25, -0.2) is 0 Å². The topological polar surface area (TPSA) is 35.6 Å². The molecule has 0 aliphatic carbocycles. The van der Waals surface area contributed by atoms with E-state index >= 15 is 0 Å². The molecule has 0 aromatic heterocycles. The molecule has 1 atom stereocenters. The summed E-state index contributed by atoms with van der Waals surface area (Å²) in [5, 5.41) is 3.53. The average Bonchev–Trinajstić information content (AvgIpc) is 2.99. The van der Waals surface area contributed by atoms with Gasteiger partial charge in [0.2, 0.25) is 5.91 Å². The Labute approximate surface area is 131 Å². The highest BCUT2D eigenvalue weighted by Crippen LogP contribution is 2.08. The first-order valence-electron chi connectivity index (χ1n) is 8.94. The number of nitrogens with zero attached hydrogens (tertiary/aromatic N) is 2. The Balaban J connectivity index is 2.42. The normalized spacial score (nSPS) is 18.4. The molecule has 4 nitrogen and oxygen atoms in total. The quantitative estimate of drug-likeness (QED) is 0.636. The Bertz CT molecular complexity index is 269. The molecule has 1 fully saturated rings. The van der Waals surface area contributed by atoms with Crippen LogP contribution in [0.2, 0.25) is 0 Å². The van der Waals surface area contributed by atoms with Crippen LogP contribution in [0.15, 0.2) is 0 Å². The second-order valence-corrected chi connectivity index (χ2v) is 6.21. The minimum absolute atomic E-state index is 0.316. The zero-order chi connectivity index (χ0) is 15.5. The molecule has 1 N–H and O–H groups in total. The first-order valence-corrected chi connectivity index (χ1v) is 8.94. The lowest BCUT2D eigenvalue weighted by Gasteiger charge is -2.28. The number of amides is 1. The minimum Gasteiger partial charge on any atom is -0.342 e. The lowest BCUT2D eigenvalue weighted by molar-refractivity contribution is -0.132. The summed E-state index contributed by atoms with van der Waals surface area (Å²) in [6.45, 7) is 12.1. The van der Waals surface area contributed by atoms with Gasteiger partial charge >= 0.3 is 0 Å². The van der Waals surface area contributed by atoms with Crippen molar-refractivity contribution in [3.05, 3.63) is 0 Å². The Morgan fingerprint density at radius 3 is 2.29 bits per heavy atom. The fourth-order valence-electron chi connectivity index (χ4n) is 2.88. The number of carbonyl (C=O) groups is 1. The van der Waals surface area contributed by atoms with Crippen molar-refractivity contribution in [3.63, 3.8) is 0 Å². The zero-order valence-electron chi connectivity index (χ0n) is 14.4. The van der Waals surface area contributed by atoms with Gasteiger partial charge in [-0.3, -0.25) is 9.69 Å². The van der Waals surface area contributed by atoms with Crippen molar-refractivity contribution in [2.24, 2.45) is 0 Å². The first kappa shape index (κ1) is 18.4. The van der Waals surface area contributed by atoms with E-state index in [-0.39, 0.29) is 0 Å². The van der Waals surface area contributed by atoms with Crippen LogP contribution in [0.1, 0.15) is 59.3 Å². The van der Waals surface area contributed by atoms with Gasteiger partial charge in [-0.15, -0.1) is 0 Å². The molecule has 0 radical (unpaired) electrons. The van der Waals surface area contributed by atoms with Crippen LogP contribution in [0, 0.1) is 0 Å². The van der Waals surface area contributed by atoms with Gasteiger partial charge in [0.15, 0.2) is 0 Å². The molecular weight excluding hydrogens is 262 g/mol. The number of hydrogen-bond donors (Lipinski definition) is 1. The number of nitrogens with one attached hydrogen (secondary N) is 1. The predicted molar refractivity (Wildman–Crippen MR) is 89.5 cm³/mol. The highest BCUT2D eigenvalue weighted by molar-refractivity contribution is 5.78. The maximum Gasteiger partial charge on any atom is 0.236 e. The van der Waals surface area contributed by atoms with Gasteiger partial charge < -0.3 is 10.2 Å². The third-order valence-electron chi connectivity index (χ3n) is 4.36. The van der Waals surface area contributed by atoms with Gasteiger partial charge in [0, 0.05) is 25.7 Å².